The highest BCUT2D eigenvalue weighted by molar-refractivity contribution is 7.12. The molecule has 5 heteroatoms. The van der Waals surface area contributed by atoms with Crippen LogP contribution in [0.15, 0.2) is 24.3 Å². The summed E-state index contributed by atoms with van der Waals surface area (Å²) in [7, 11) is 0. The average Bonchev–Trinajstić information content (AvgIpc) is 2.84. The van der Waals surface area contributed by atoms with Gasteiger partial charge in [0, 0.05) is 21.1 Å². The van der Waals surface area contributed by atoms with Gasteiger partial charge >= 0.3 is 5.97 Å². The zero-order chi connectivity index (χ0) is 13.1. The zero-order valence-electron chi connectivity index (χ0n) is 10.4. The van der Waals surface area contributed by atoms with Gasteiger partial charge in [-0.3, -0.25) is 9.47 Å². The third-order valence-electron chi connectivity index (χ3n) is 2.73. The van der Waals surface area contributed by atoms with Crippen LogP contribution in [0.3, 0.4) is 0 Å². The van der Waals surface area contributed by atoms with Gasteiger partial charge in [0.1, 0.15) is 0 Å². The van der Waals surface area contributed by atoms with Crippen LogP contribution in [0.2, 0.25) is 0 Å². The molecule has 0 bridgehead atoms. The summed E-state index contributed by atoms with van der Waals surface area (Å²) < 4.78 is 2.04. The van der Waals surface area contributed by atoms with Gasteiger partial charge in [-0.1, -0.05) is 0 Å². The Kier molecular flexibility index (Phi) is 3.72. The molecular weight excluding hydrogens is 248 g/mol. The van der Waals surface area contributed by atoms with Gasteiger partial charge in [-0.25, -0.2) is 0 Å². The van der Waals surface area contributed by atoms with E-state index in [1.54, 1.807) is 0 Å². The van der Waals surface area contributed by atoms with E-state index in [2.05, 4.69) is 17.6 Å². The molecule has 0 fully saturated rings. The lowest BCUT2D eigenvalue weighted by Gasteiger charge is -2.11. The lowest BCUT2D eigenvalue weighted by Crippen LogP contribution is -2.16. The summed E-state index contributed by atoms with van der Waals surface area (Å²) in [5, 5.41) is 8.72. The van der Waals surface area contributed by atoms with Crippen molar-refractivity contribution < 1.29 is 9.90 Å². The predicted molar refractivity (Wildman–Crippen MR) is 72.6 cm³/mol. The first-order valence-corrected chi connectivity index (χ1v) is 6.56. The molecule has 2 heterocycles. The first kappa shape index (κ1) is 12.7. The highest BCUT2D eigenvalue weighted by Crippen LogP contribution is 2.17. The highest BCUT2D eigenvalue weighted by atomic mass is 32.1. The van der Waals surface area contributed by atoms with Gasteiger partial charge < -0.3 is 10.5 Å². The second kappa shape index (κ2) is 5.27. The third-order valence-corrected chi connectivity index (χ3v) is 3.81. The van der Waals surface area contributed by atoms with Crippen LogP contribution < -0.4 is 5.43 Å². The van der Waals surface area contributed by atoms with Gasteiger partial charge in [0.15, 0.2) is 0 Å². The minimum absolute atomic E-state index is 0.103. The molecule has 0 spiro atoms. The van der Waals surface area contributed by atoms with E-state index in [1.807, 2.05) is 30.7 Å². The molecule has 2 N–H and O–H groups in total. The first-order chi connectivity index (χ1) is 8.56. The van der Waals surface area contributed by atoms with Gasteiger partial charge in [0.05, 0.1) is 13.0 Å². The van der Waals surface area contributed by atoms with E-state index in [1.165, 1.54) is 11.3 Å². The van der Waals surface area contributed by atoms with Crippen molar-refractivity contribution in [1.29, 1.82) is 0 Å². The molecule has 0 aromatic carbocycles. The second-order valence-corrected chi connectivity index (χ2v) is 5.48. The van der Waals surface area contributed by atoms with Crippen LogP contribution in [-0.2, 0) is 17.8 Å². The number of rotatable bonds is 5. The number of aliphatic carboxylic acids is 1. The first-order valence-electron chi connectivity index (χ1n) is 5.74. The summed E-state index contributed by atoms with van der Waals surface area (Å²) in [6.45, 7) is 4.80. The van der Waals surface area contributed by atoms with Crippen molar-refractivity contribution in [3.05, 3.63) is 45.4 Å². The van der Waals surface area contributed by atoms with Gasteiger partial charge in [0.2, 0.25) is 0 Å². The van der Waals surface area contributed by atoms with Crippen LogP contribution >= 0.6 is 11.3 Å². The lowest BCUT2D eigenvalue weighted by atomic mass is 10.3. The molecule has 0 amide bonds. The van der Waals surface area contributed by atoms with Crippen LogP contribution in [0, 0.1) is 13.8 Å². The van der Waals surface area contributed by atoms with Gasteiger partial charge in [0.25, 0.3) is 0 Å². The van der Waals surface area contributed by atoms with Gasteiger partial charge in [-0.15, -0.1) is 11.3 Å². The fourth-order valence-corrected chi connectivity index (χ4v) is 2.78. The normalized spacial score (nSPS) is 10.6. The molecule has 0 unspecified atom stereocenters. The number of carboxylic acids is 1. The summed E-state index contributed by atoms with van der Waals surface area (Å²) in [4.78, 5) is 12.6. The molecular formula is C13H16N2O2S. The topological polar surface area (TPSA) is 54.3 Å². The highest BCUT2D eigenvalue weighted by Gasteiger charge is 2.05. The van der Waals surface area contributed by atoms with Crippen LogP contribution in [-0.4, -0.2) is 15.8 Å². The molecule has 2 rings (SSSR count). The van der Waals surface area contributed by atoms with Crippen molar-refractivity contribution in [2.75, 3.05) is 5.43 Å². The Bertz CT molecular complexity index is 538. The number of carboxylic acid groups (broad SMARTS) is 1. The number of hydrogen-bond acceptors (Lipinski definition) is 3. The van der Waals surface area contributed by atoms with Crippen LogP contribution in [0.4, 0.5) is 0 Å². The van der Waals surface area contributed by atoms with E-state index < -0.39 is 5.97 Å². The molecule has 0 aliphatic rings. The molecule has 2 aromatic heterocycles. The molecule has 0 saturated heterocycles. The Labute approximate surface area is 110 Å². The summed E-state index contributed by atoms with van der Waals surface area (Å²) in [6, 6.07) is 7.98. The van der Waals surface area contributed by atoms with Crippen molar-refractivity contribution in [2.24, 2.45) is 0 Å². The van der Waals surface area contributed by atoms with Crippen molar-refractivity contribution >= 4 is 17.3 Å². The second-order valence-electron chi connectivity index (χ2n) is 4.22. The average molecular weight is 264 g/mol. The summed E-state index contributed by atoms with van der Waals surface area (Å²) >= 11 is 1.54. The molecule has 0 aliphatic heterocycles. The van der Waals surface area contributed by atoms with Crippen LogP contribution in [0.5, 0.6) is 0 Å². The van der Waals surface area contributed by atoms with Crippen molar-refractivity contribution in [3.63, 3.8) is 0 Å². The lowest BCUT2D eigenvalue weighted by molar-refractivity contribution is -0.136. The number of hydrogen-bond donors (Lipinski definition) is 2. The number of carbonyl (C=O) groups is 1. The van der Waals surface area contributed by atoms with E-state index in [-0.39, 0.29) is 6.42 Å². The summed E-state index contributed by atoms with van der Waals surface area (Å²) in [5.74, 6) is -0.784. The van der Waals surface area contributed by atoms with Crippen molar-refractivity contribution in [2.45, 2.75) is 26.8 Å². The Morgan fingerprint density at radius 1 is 1.22 bits per heavy atom. The molecule has 96 valence electrons. The zero-order valence-corrected chi connectivity index (χ0v) is 11.3. The molecule has 18 heavy (non-hydrogen) atoms. The Balaban J connectivity index is 1.98. The summed E-state index contributed by atoms with van der Waals surface area (Å²) in [6.07, 6.45) is 0.103. The quantitative estimate of drug-likeness (QED) is 0.872. The van der Waals surface area contributed by atoms with E-state index in [0.29, 0.717) is 6.54 Å². The predicted octanol–water partition coefficient (Wildman–Crippen LogP) is 2.54. The van der Waals surface area contributed by atoms with Gasteiger partial charge in [-0.05, 0) is 38.1 Å². The van der Waals surface area contributed by atoms with Crippen LogP contribution in [0.1, 0.15) is 21.1 Å². The minimum atomic E-state index is -0.784. The standard InChI is InChI=1S/C13H16N2O2S/c1-9-3-4-10(2)15(9)14-8-12-6-5-11(18-12)7-13(16)17/h3-6,14H,7-8H2,1-2H3,(H,16,17). The maximum atomic E-state index is 10.6. The van der Waals surface area contributed by atoms with E-state index in [0.717, 1.165) is 21.1 Å². The van der Waals surface area contributed by atoms with E-state index >= 15 is 0 Å². The fourth-order valence-electron chi connectivity index (χ4n) is 1.84. The Morgan fingerprint density at radius 2 is 1.83 bits per heavy atom. The van der Waals surface area contributed by atoms with Crippen molar-refractivity contribution in [1.82, 2.24) is 4.68 Å². The van der Waals surface area contributed by atoms with Crippen LogP contribution in [0.25, 0.3) is 0 Å². The monoisotopic (exact) mass is 264 g/mol. The van der Waals surface area contributed by atoms with Crippen molar-refractivity contribution in [3.8, 4) is 0 Å². The maximum absolute atomic E-state index is 10.6. The number of nitrogens with one attached hydrogen (secondary N) is 1. The molecule has 0 aliphatic carbocycles. The Hall–Kier alpha value is -1.75. The molecule has 2 aromatic rings. The fraction of sp³-hybridized carbons (Fsp3) is 0.308. The molecule has 0 radical (unpaired) electrons. The number of aromatic nitrogens is 1. The number of aryl methyl sites for hydroxylation is 2. The smallest absolute Gasteiger partial charge is 0.308 e. The number of thiophene rings is 1. The van der Waals surface area contributed by atoms with Gasteiger partial charge in [-0.2, -0.15) is 0 Å². The molecule has 0 saturated carbocycles. The van der Waals surface area contributed by atoms with E-state index in [9.17, 15) is 4.79 Å². The number of nitrogens with zero attached hydrogens (tertiary/aromatic N) is 1. The maximum Gasteiger partial charge on any atom is 0.308 e. The van der Waals surface area contributed by atoms with E-state index in [4.69, 9.17) is 5.11 Å². The molecule has 4 nitrogen and oxygen atoms in total. The largest absolute Gasteiger partial charge is 0.481 e. The Morgan fingerprint density at radius 3 is 2.44 bits per heavy atom. The molecule has 0 atom stereocenters. The SMILES string of the molecule is Cc1ccc(C)n1NCc1ccc(CC(=O)O)s1. The summed E-state index contributed by atoms with van der Waals surface area (Å²) in [5.41, 5.74) is 5.65. The minimum Gasteiger partial charge on any atom is -0.481 e. The third kappa shape index (κ3) is 2.92.